The van der Waals surface area contributed by atoms with Crippen LogP contribution >= 0.6 is 11.8 Å². The van der Waals surface area contributed by atoms with Gasteiger partial charge in [0.15, 0.2) is 0 Å². The molecule has 1 aromatic carbocycles. The minimum Gasteiger partial charge on any atom is -0.352 e. The van der Waals surface area contributed by atoms with E-state index in [9.17, 15) is 18.0 Å². The molecule has 1 aliphatic heterocycles. The van der Waals surface area contributed by atoms with Crippen LogP contribution in [-0.4, -0.2) is 59.0 Å². The maximum atomic E-state index is 12.5. The van der Waals surface area contributed by atoms with E-state index < -0.39 is 11.9 Å². The molecule has 6 nitrogen and oxygen atoms in total. The first kappa shape index (κ1) is 19.3. The van der Waals surface area contributed by atoms with Crippen LogP contribution in [0.15, 0.2) is 47.8 Å². The molecule has 144 valence electrons. The third-order valence-corrected chi connectivity index (χ3v) is 5.10. The molecule has 1 aliphatic rings. The first-order valence-corrected chi connectivity index (χ1v) is 9.26. The molecule has 3 rings (SSSR count). The minimum atomic E-state index is -4.27. The number of nitrogens with zero attached hydrogens (tertiary/aromatic N) is 4. The van der Waals surface area contributed by atoms with Gasteiger partial charge in [-0.15, -0.1) is 11.8 Å². The van der Waals surface area contributed by atoms with Crippen LogP contribution in [0.4, 0.5) is 29.5 Å². The Bertz CT molecular complexity index is 767. The van der Waals surface area contributed by atoms with Gasteiger partial charge in [0.25, 0.3) is 0 Å². The zero-order valence-corrected chi connectivity index (χ0v) is 15.1. The zero-order valence-electron chi connectivity index (χ0n) is 14.3. The highest BCUT2D eigenvalue weighted by Crippen LogP contribution is 2.32. The van der Waals surface area contributed by atoms with Crippen LogP contribution in [0.2, 0.25) is 0 Å². The molecule has 0 saturated carbocycles. The van der Waals surface area contributed by atoms with Crippen molar-refractivity contribution in [3.05, 3.63) is 42.9 Å². The van der Waals surface area contributed by atoms with E-state index in [0.717, 1.165) is 5.82 Å². The Morgan fingerprint density at radius 3 is 2.56 bits per heavy atom. The number of alkyl halides is 3. The Kier molecular flexibility index (Phi) is 6.04. The fourth-order valence-corrected chi connectivity index (χ4v) is 3.41. The second-order valence-electron chi connectivity index (χ2n) is 5.87. The van der Waals surface area contributed by atoms with Gasteiger partial charge >= 0.3 is 12.2 Å². The Balaban J connectivity index is 1.57. The van der Waals surface area contributed by atoms with Gasteiger partial charge in [-0.25, -0.2) is 9.78 Å². The van der Waals surface area contributed by atoms with E-state index >= 15 is 0 Å². The third kappa shape index (κ3) is 5.49. The van der Waals surface area contributed by atoms with Gasteiger partial charge in [0.05, 0.1) is 17.6 Å². The van der Waals surface area contributed by atoms with Crippen LogP contribution in [0.5, 0.6) is 0 Å². The molecule has 2 aromatic rings. The lowest BCUT2D eigenvalue weighted by Crippen LogP contribution is -2.50. The second kappa shape index (κ2) is 8.47. The van der Waals surface area contributed by atoms with Crippen molar-refractivity contribution in [2.45, 2.75) is 11.1 Å². The smallest absolute Gasteiger partial charge is 0.352 e. The maximum Gasteiger partial charge on any atom is 0.398 e. The minimum absolute atomic E-state index is 0.325. The summed E-state index contributed by atoms with van der Waals surface area (Å²) >= 11 is 0.659. The molecule has 1 fully saturated rings. The first-order valence-electron chi connectivity index (χ1n) is 8.28. The average molecular weight is 397 g/mol. The normalized spacial score (nSPS) is 14.9. The topological polar surface area (TPSA) is 61.4 Å². The fourth-order valence-electron chi connectivity index (χ4n) is 2.64. The summed E-state index contributed by atoms with van der Waals surface area (Å²) in [7, 11) is 0. The van der Waals surface area contributed by atoms with Gasteiger partial charge < -0.3 is 15.1 Å². The van der Waals surface area contributed by atoms with Crippen molar-refractivity contribution in [2.75, 3.05) is 42.1 Å². The second-order valence-corrected chi connectivity index (χ2v) is 6.89. The van der Waals surface area contributed by atoms with Crippen molar-refractivity contribution in [2.24, 2.45) is 0 Å². The van der Waals surface area contributed by atoms with Crippen molar-refractivity contribution >= 4 is 29.3 Å². The number of amides is 2. The monoisotopic (exact) mass is 397 g/mol. The fraction of sp³-hybridized carbons (Fsp3) is 0.353. The molecular formula is C17H18F3N5OS. The number of rotatable bonds is 4. The lowest BCUT2D eigenvalue weighted by Gasteiger charge is -2.35. The summed E-state index contributed by atoms with van der Waals surface area (Å²) in [4.78, 5) is 24.8. The zero-order chi connectivity index (χ0) is 19.3. The molecule has 0 spiro atoms. The van der Waals surface area contributed by atoms with E-state index in [0.29, 0.717) is 48.5 Å². The van der Waals surface area contributed by atoms with E-state index in [1.165, 1.54) is 0 Å². The van der Waals surface area contributed by atoms with Crippen molar-refractivity contribution in [3.63, 3.8) is 0 Å². The van der Waals surface area contributed by atoms with E-state index in [1.807, 2.05) is 4.90 Å². The molecule has 1 N–H and O–H groups in total. The molecule has 2 amide bonds. The summed E-state index contributed by atoms with van der Waals surface area (Å²) in [6.07, 6.45) is 0.619. The quantitative estimate of drug-likeness (QED) is 0.801. The summed E-state index contributed by atoms with van der Waals surface area (Å²) < 4.78 is 37.4. The summed E-state index contributed by atoms with van der Waals surface area (Å²) in [5, 5.41) is 2.72. The number of carbonyl (C=O) groups is 1. The van der Waals surface area contributed by atoms with E-state index in [2.05, 4.69) is 15.3 Å². The standard InChI is InChI=1S/C17H18F3N5OS/c18-17(19,20)12-27-14-4-2-1-3-13(14)23-16(26)25-9-7-24(8-10-25)15-11-21-5-6-22-15/h1-6,11H,7-10,12H2,(H,23,26). The van der Waals surface area contributed by atoms with Crippen LogP contribution in [-0.2, 0) is 0 Å². The van der Waals surface area contributed by atoms with Crippen molar-refractivity contribution < 1.29 is 18.0 Å². The molecule has 2 heterocycles. The van der Waals surface area contributed by atoms with Crippen LogP contribution in [0.25, 0.3) is 0 Å². The maximum absolute atomic E-state index is 12.5. The molecule has 27 heavy (non-hydrogen) atoms. The predicted molar refractivity (Wildman–Crippen MR) is 98.1 cm³/mol. The number of aromatic nitrogens is 2. The average Bonchev–Trinajstić information content (AvgIpc) is 2.67. The van der Waals surface area contributed by atoms with E-state index in [4.69, 9.17) is 0 Å². The number of benzene rings is 1. The first-order chi connectivity index (χ1) is 12.9. The number of hydrogen-bond donors (Lipinski definition) is 1. The Morgan fingerprint density at radius 2 is 1.89 bits per heavy atom. The summed E-state index contributed by atoms with van der Waals surface area (Å²) in [5.41, 5.74) is 0.383. The lowest BCUT2D eigenvalue weighted by atomic mass is 10.3. The molecule has 0 unspecified atom stereocenters. The number of para-hydroxylation sites is 1. The largest absolute Gasteiger partial charge is 0.398 e. The number of thioether (sulfide) groups is 1. The van der Waals surface area contributed by atoms with E-state index in [1.54, 1.807) is 47.8 Å². The van der Waals surface area contributed by atoms with Gasteiger partial charge in [-0.3, -0.25) is 4.98 Å². The molecule has 0 aliphatic carbocycles. The number of anilines is 2. The lowest BCUT2D eigenvalue weighted by molar-refractivity contribution is -0.105. The van der Waals surface area contributed by atoms with Crippen LogP contribution < -0.4 is 10.2 Å². The van der Waals surface area contributed by atoms with Crippen molar-refractivity contribution in [1.29, 1.82) is 0 Å². The molecule has 0 radical (unpaired) electrons. The molecule has 0 atom stereocenters. The van der Waals surface area contributed by atoms with Gasteiger partial charge in [-0.1, -0.05) is 12.1 Å². The van der Waals surface area contributed by atoms with Gasteiger partial charge in [0, 0.05) is 43.5 Å². The van der Waals surface area contributed by atoms with Crippen molar-refractivity contribution in [1.82, 2.24) is 14.9 Å². The van der Waals surface area contributed by atoms with Crippen LogP contribution in [0.3, 0.4) is 0 Å². The summed E-state index contributed by atoms with van der Waals surface area (Å²) in [5.74, 6) is -0.247. The number of halogens is 3. The highest BCUT2D eigenvalue weighted by molar-refractivity contribution is 7.99. The molecule has 10 heteroatoms. The highest BCUT2D eigenvalue weighted by Gasteiger charge is 2.28. The number of piperazine rings is 1. The van der Waals surface area contributed by atoms with Gasteiger partial charge in [-0.2, -0.15) is 13.2 Å². The number of carbonyl (C=O) groups excluding carboxylic acids is 1. The SMILES string of the molecule is O=C(Nc1ccccc1SCC(F)(F)F)N1CCN(c2cnccn2)CC1. The van der Waals surface area contributed by atoms with Gasteiger partial charge in [0.1, 0.15) is 5.82 Å². The van der Waals surface area contributed by atoms with Crippen molar-refractivity contribution in [3.8, 4) is 0 Å². The van der Waals surface area contributed by atoms with Crippen LogP contribution in [0.1, 0.15) is 0 Å². The summed E-state index contributed by atoms with van der Waals surface area (Å²) in [6, 6.07) is 6.17. The van der Waals surface area contributed by atoms with Gasteiger partial charge in [0.2, 0.25) is 0 Å². The molecule has 0 bridgehead atoms. The highest BCUT2D eigenvalue weighted by atomic mass is 32.2. The Labute approximate surface area is 158 Å². The third-order valence-electron chi connectivity index (χ3n) is 3.96. The van der Waals surface area contributed by atoms with Gasteiger partial charge in [-0.05, 0) is 12.1 Å². The van der Waals surface area contributed by atoms with E-state index in [-0.39, 0.29) is 6.03 Å². The molecule has 1 aromatic heterocycles. The number of hydrogen-bond acceptors (Lipinski definition) is 5. The predicted octanol–water partition coefficient (Wildman–Crippen LogP) is 3.49. The Hall–Kier alpha value is -2.49. The molecular weight excluding hydrogens is 379 g/mol. The summed E-state index contributed by atoms with van der Waals surface area (Å²) in [6.45, 7) is 2.19. The number of nitrogens with one attached hydrogen (secondary N) is 1. The molecule has 1 saturated heterocycles. The Morgan fingerprint density at radius 1 is 1.15 bits per heavy atom. The number of urea groups is 1. The van der Waals surface area contributed by atoms with Crippen LogP contribution in [0, 0.1) is 0 Å².